The lowest BCUT2D eigenvalue weighted by atomic mass is 9.60. The Morgan fingerprint density at radius 2 is 1.87 bits per heavy atom. The van der Waals surface area contributed by atoms with Crippen LogP contribution in [-0.2, 0) is 22.8 Å². The molecule has 2 aliphatic heterocycles. The number of fused-ring (bicyclic) bond motifs is 1. The molecule has 3 heterocycles. The second kappa shape index (κ2) is 7.43. The minimum Gasteiger partial charge on any atom is -0.393 e. The summed E-state index contributed by atoms with van der Waals surface area (Å²) in [5.41, 5.74) is -0.578. The number of hydrogen-bond donors (Lipinski definition) is 1. The zero-order valence-electron chi connectivity index (χ0n) is 17.2. The molecule has 2 atom stereocenters. The van der Waals surface area contributed by atoms with Crippen molar-refractivity contribution in [2.75, 3.05) is 0 Å². The van der Waals surface area contributed by atoms with E-state index in [9.17, 15) is 9.90 Å². The lowest BCUT2D eigenvalue weighted by Crippen LogP contribution is -2.64. The van der Waals surface area contributed by atoms with Crippen LogP contribution in [0.25, 0.3) is 0 Å². The van der Waals surface area contributed by atoms with Gasteiger partial charge in [-0.3, -0.25) is 24.4 Å². The van der Waals surface area contributed by atoms with Crippen LogP contribution in [0.3, 0.4) is 0 Å². The normalized spacial score (nSPS) is 32.4. The van der Waals surface area contributed by atoms with Crippen molar-refractivity contribution in [3.63, 3.8) is 0 Å². The Labute approximate surface area is 185 Å². The van der Waals surface area contributed by atoms with E-state index in [0.717, 1.165) is 24.0 Å². The average molecular weight is 438 g/mol. The standard InChI is InChI=1S/C23H24ClN5O2/c1-28-13-17(12-27-28)23-14-25-11-10-22(23,16-2-4-18(24)5-3-16)21(31)29(15-26-23)19-6-8-20(30)9-7-19/h2-5,10-15,19-20,30H,6-9H2,1H3/t19?,20?,22-,23+/m0/s1. The molecule has 0 radical (unpaired) electrons. The summed E-state index contributed by atoms with van der Waals surface area (Å²) in [6, 6.07) is 7.37. The van der Waals surface area contributed by atoms with Crippen LogP contribution in [0.15, 0.2) is 58.9 Å². The Balaban J connectivity index is 1.71. The highest BCUT2D eigenvalue weighted by molar-refractivity contribution is 6.30. The third kappa shape index (κ3) is 2.98. The number of rotatable bonds is 3. The predicted molar refractivity (Wildman–Crippen MR) is 119 cm³/mol. The van der Waals surface area contributed by atoms with Gasteiger partial charge in [-0.25, -0.2) is 0 Å². The summed E-state index contributed by atoms with van der Waals surface area (Å²) in [7, 11) is 1.84. The molecule has 1 aromatic heterocycles. The molecule has 1 fully saturated rings. The van der Waals surface area contributed by atoms with Gasteiger partial charge in [-0.2, -0.15) is 5.10 Å². The zero-order valence-corrected chi connectivity index (χ0v) is 18.0. The number of amides is 1. The number of benzene rings is 1. The SMILES string of the molecule is Cn1cc([C@]23C=NC=C[C@]2(c2ccc(Cl)cc2)C(=O)N(C2CCC(O)CC2)C=N3)cn1. The fraction of sp³-hybridized carbons (Fsp3) is 0.391. The molecule has 5 rings (SSSR count). The highest BCUT2D eigenvalue weighted by atomic mass is 35.5. The molecule has 1 aliphatic carbocycles. The van der Waals surface area contributed by atoms with E-state index >= 15 is 0 Å². The number of halogens is 1. The van der Waals surface area contributed by atoms with E-state index in [4.69, 9.17) is 16.6 Å². The lowest BCUT2D eigenvalue weighted by Gasteiger charge is -2.50. The van der Waals surface area contributed by atoms with E-state index in [2.05, 4.69) is 10.1 Å². The Hall–Kier alpha value is -2.77. The Bertz CT molecular complexity index is 1080. The van der Waals surface area contributed by atoms with Crippen LogP contribution in [0, 0.1) is 0 Å². The van der Waals surface area contributed by atoms with Gasteiger partial charge in [0.15, 0.2) is 0 Å². The number of aromatic nitrogens is 2. The minimum absolute atomic E-state index is 0.00277. The van der Waals surface area contributed by atoms with Gasteiger partial charge in [-0.05, 0) is 49.5 Å². The maximum atomic E-state index is 14.3. The predicted octanol–water partition coefficient (Wildman–Crippen LogP) is 2.98. The van der Waals surface area contributed by atoms with Gasteiger partial charge in [-0.15, -0.1) is 0 Å². The Morgan fingerprint density at radius 3 is 2.55 bits per heavy atom. The van der Waals surface area contributed by atoms with Crippen LogP contribution in [0.2, 0.25) is 5.02 Å². The second-order valence-electron chi connectivity index (χ2n) is 8.50. The summed E-state index contributed by atoms with van der Waals surface area (Å²) in [5.74, 6) is -0.0579. The minimum atomic E-state index is -1.12. The molecule has 1 N–H and O–H groups in total. The molecular weight excluding hydrogens is 414 g/mol. The molecule has 31 heavy (non-hydrogen) atoms. The second-order valence-corrected chi connectivity index (χ2v) is 8.93. The summed E-state index contributed by atoms with van der Waals surface area (Å²) in [6.45, 7) is 0. The molecule has 7 nitrogen and oxygen atoms in total. The number of carbonyl (C=O) groups is 1. The summed E-state index contributed by atoms with van der Waals surface area (Å²) >= 11 is 6.17. The van der Waals surface area contributed by atoms with E-state index < -0.39 is 11.0 Å². The van der Waals surface area contributed by atoms with Gasteiger partial charge < -0.3 is 5.11 Å². The van der Waals surface area contributed by atoms with Crippen molar-refractivity contribution in [2.24, 2.45) is 17.0 Å². The molecule has 3 aliphatic rings. The van der Waals surface area contributed by atoms with Crippen molar-refractivity contribution in [2.45, 2.75) is 48.8 Å². The van der Waals surface area contributed by atoms with Gasteiger partial charge >= 0.3 is 0 Å². The highest BCUT2D eigenvalue weighted by Crippen LogP contribution is 2.51. The molecule has 160 valence electrons. The quantitative estimate of drug-likeness (QED) is 0.801. The zero-order chi connectivity index (χ0) is 21.6. The highest BCUT2D eigenvalue weighted by Gasteiger charge is 2.62. The van der Waals surface area contributed by atoms with Gasteiger partial charge in [-0.1, -0.05) is 23.7 Å². The van der Waals surface area contributed by atoms with Gasteiger partial charge in [0.1, 0.15) is 11.0 Å². The summed E-state index contributed by atoms with van der Waals surface area (Å²) < 4.78 is 1.71. The molecule has 0 saturated heterocycles. The molecule has 1 saturated carbocycles. The van der Waals surface area contributed by atoms with Crippen molar-refractivity contribution in [3.05, 3.63) is 65.1 Å². The van der Waals surface area contributed by atoms with Crippen LogP contribution in [0.4, 0.5) is 0 Å². The maximum absolute atomic E-state index is 14.3. The summed E-state index contributed by atoms with van der Waals surface area (Å²) in [5, 5.41) is 14.9. The van der Waals surface area contributed by atoms with E-state index in [1.807, 2.05) is 31.5 Å². The van der Waals surface area contributed by atoms with Crippen molar-refractivity contribution in [3.8, 4) is 0 Å². The number of carbonyl (C=O) groups excluding carboxylic acids is 1. The van der Waals surface area contributed by atoms with Gasteiger partial charge in [0.05, 0.1) is 18.6 Å². The average Bonchev–Trinajstić information content (AvgIpc) is 3.22. The number of nitrogens with zero attached hydrogens (tertiary/aromatic N) is 5. The number of aliphatic imine (C=N–C) groups is 2. The number of aryl methyl sites for hydroxylation is 1. The van der Waals surface area contributed by atoms with Crippen LogP contribution in [-0.4, -0.2) is 50.4 Å². The molecule has 0 bridgehead atoms. The van der Waals surface area contributed by atoms with Crippen LogP contribution < -0.4 is 0 Å². The van der Waals surface area contributed by atoms with Gasteiger partial charge in [0.2, 0.25) is 5.91 Å². The van der Waals surface area contributed by atoms with Crippen LogP contribution in [0.1, 0.15) is 36.8 Å². The number of aliphatic hydroxyl groups is 1. The van der Waals surface area contributed by atoms with E-state index in [0.29, 0.717) is 17.9 Å². The van der Waals surface area contributed by atoms with Crippen LogP contribution in [0.5, 0.6) is 0 Å². The smallest absolute Gasteiger partial charge is 0.245 e. The number of aliphatic hydroxyl groups excluding tert-OH is 1. The molecule has 1 amide bonds. The van der Waals surface area contributed by atoms with Crippen LogP contribution >= 0.6 is 11.6 Å². The first-order valence-electron chi connectivity index (χ1n) is 10.5. The summed E-state index contributed by atoms with van der Waals surface area (Å²) in [6.07, 6.45) is 13.1. The van der Waals surface area contributed by atoms with Gasteiger partial charge in [0.25, 0.3) is 0 Å². The molecule has 0 unspecified atom stereocenters. The number of hydrogen-bond acceptors (Lipinski definition) is 5. The van der Waals surface area contributed by atoms with Crippen molar-refractivity contribution in [1.82, 2.24) is 14.7 Å². The third-order valence-electron chi connectivity index (χ3n) is 6.73. The third-order valence-corrected chi connectivity index (χ3v) is 6.99. The largest absolute Gasteiger partial charge is 0.393 e. The van der Waals surface area contributed by atoms with E-state index in [1.54, 1.807) is 46.7 Å². The molecule has 1 aromatic carbocycles. The Morgan fingerprint density at radius 1 is 1.13 bits per heavy atom. The molecular formula is C23H24ClN5O2. The molecule has 0 spiro atoms. The maximum Gasteiger partial charge on any atom is 0.245 e. The van der Waals surface area contributed by atoms with E-state index in [1.165, 1.54) is 0 Å². The van der Waals surface area contributed by atoms with Crippen molar-refractivity contribution >= 4 is 30.1 Å². The molecule has 2 aromatic rings. The fourth-order valence-electron chi connectivity index (χ4n) is 5.06. The summed E-state index contributed by atoms with van der Waals surface area (Å²) in [4.78, 5) is 25.5. The fourth-order valence-corrected chi connectivity index (χ4v) is 5.18. The lowest BCUT2D eigenvalue weighted by molar-refractivity contribution is -0.136. The first kappa shape index (κ1) is 20.2. The molecule has 8 heteroatoms. The van der Waals surface area contributed by atoms with Crippen molar-refractivity contribution in [1.29, 1.82) is 0 Å². The van der Waals surface area contributed by atoms with Gasteiger partial charge in [0, 0.05) is 42.3 Å². The first-order valence-corrected chi connectivity index (χ1v) is 10.9. The monoisotopic (exact) mass is 437 g/mol. The topological polar surface area (TPSA) is 83.1 Å². The first-order chi connectivity index (χ1) is 15.0. The Kier molecular flexibility index (Phi) is 4.83. The van der Waals surface area contributed by atoms with E-state index in [-0.39, 0.29) is 18.1 Å². The van der Waals surface area contributed by atoms with Crippen molar-refractivity contribution < 1.29 is 9.90 Å².